The summed E-state index contributed by atoms with van der Waals surface area (Å²) >= 11 is 5.91. The molecule has 1 saturated heterocycles. The van der Waals surface area contributed by atoms with Crippen molar-refractivity contribution in [3.05, 3.63) is 29.8 Å². The minimum absolute atomic E-state index is 0.256. The molecule has 0 N–H and O–H groups in total. The normalized spacial score (nSPS) is 20.4. The molecular formula is C15H23ClN2O2S. The SMILES string of the molecule is CCN(c1ccc(C)cc1)S(=O)(=O)N1CCCC(CCl)C1. The molecule has 1 aliphatic rings. The van der Waals surface area contributed by atoms with Gasteiger partial charge in [-0.1, -0.05) is 17.7 Å². The van der Waals surface area contributed by atoms with Crippen LogP contribution in [-0.2, 0) is 10.2 Å². The molecule has 0 aliphatic carbocycles. The molecule has 21 heavy (non-hydrogen) atoms. The van der Waals surface area contributed by atoms with Crippen molar-refractivity contribution in [3.8, 4) is 0 Å². The molecule has 1 atom stereocenters. The third-order valence-electron chi connectivity index (χ3n) is 3.91. The van der Waals surface area contributed by atoms with Crippen molar-refractivity contribution >= 4 is 27.5 Å². The molecule has 0 bridgehead atoms. The second-order valence-electron chi connectivity index (χ2n) is 5.53. The van der Waals surface area contributed by atoms with E-state index in [2.05, 4.69) is 0 Å². The van der Waals surface area contributed by atoms with Crippen molar-refractivity contribution < 1.29 is 8.42 Å². The van der Waals surface area contributed by atoms with Gasteiger partial charge in [0.2, 0.25) is 0 Å². The number of benzene rings is 1. The Bertz CT molecular complexity index is 560. The number of piperidine rings is 1. The van der Waals surface area contributed by atoms with Crippen LogP contribution in [0.4, 0.5) is 5.69 Å². The third-order valence-corrected chi connectivity index (χ3v) is 6.36. The molecule has 4 nitrogen and oxygen atoms in total. The summed E-state index contributed by atoms with van der Waals surface area (Å²) in [4.78, 5) is 0. The smallest absolute Gasteiger partial charge is 0.258 e. The standard InChI is InChI=1S/C15H23ClN2O2S/c1-3-18(15-8-6-13(2)7-9-15)21(19,20)17-10-4-5-14(11-16)12-17/h6-9,14H,3-5,10-12H2,1-2H3. The lowest BCUT2D eigenvalue weighted by atomic mass is 10.0. The van der Waals surface area contributed by atoms with Crippen LogP contribution < -0.4 is 4.31 Å². The van der Waals surface area contributed by atoms with Gasteiger partial charge in [-0.15, -0.1) is 11.6 Å². The minimum Gasteiger partial charge on any atom is -0.258 e. The number of rotatable bonds is 5. The van der Waals surface area contributed by atoms with Gasteiger partial charge in [0.15, 0.2) is 0 Å². The van der Waals surface area contributed by atoms with E-state index in [0.717, 1.165) is 24.1 Å². The fourth-order valence-corrected chi connectivity index (χ4v) is 4.70. The van der Waals surface area contributed by atoms with E-state index in [4.69, 9.17) is 11.6 Å². The van der Waals surface area contributed by atoms with E-state index in [1.807, 2.05) is 38.1 Å². The molecular weight excluding hydrogens is 308 g/mol. The molecule has 1 fully saturated rings. The van der Waals surface area contributed by atoms with Gasteiger partial charge in [0, 0.05) is 25.5 Å². The summed E-state index contributed by atoms with van der Waals surface area (Å²) in [7, 11) is -3.48. The predicted molar refractivity (Wildman–Crippen MR) is 88.1 cm³/mol. The number of hydrogen-bond donors (Lipinski definition) is 0. The minimum atomic E-state index is -3.48. The van der Waals surface area contributed by atoms with Gasteiger partial charge in [0.1, 0.15) is 0 Å². The van der Waals surface area contributed by atoms with E-state index >= 15 is 0 Å². The zero-order chi connectivity index (χ0) is 15.5. The van der Waals surface area contributed by atoms with Gasteiger partial charge in [-0.3, -0.25) is 4.31 Å². The number of nitrogens with zero attached hydrogens (tertiary/aromatic N) is 2. The summed E-state index contributed by atoms with van der Waals surface area (Å²) in [5.74, 6) is 0.773. The maximum absolute atomic E-state index is 12.9. The molecule has 1 aromatic carbocycles. The fraction of sp³-hybridized carbons (Fsp3) is 0.600. The van der Waals surface area contributed by atoms with E-state index in [9.17, 15) is 8.42 Å². The highest BCUT2D eigenvalue weighted by Crippen LogP contribution is 2.25. The van der Waals surface area contributed by atoms with Gasteiger partial charge < -0.3 is 0 Å². The highest BCUT2D eigenvalue weighted by molar-refractivity contribution is 7.90. The van der Waals surface area contributed by atoms with Gasteiger partial charge in [0.05, 0.1) is 5.69 Å². The number of anilines is 1. The topological polar surface area (TPSA) is 40.6 Å². The Morgan fingerprint density at radius 2 is 2.00 bits per heavy atom. The van der Waals surface area contributed by atoms with Crippen molar-refractivity contribution in [1.82, 2.24) is 4.31 Å². The van der Waals surface area contributed by atoms with Crippen LogP contribution in [-0.4, -0.2) is 38.2 Å². The Balaban J connectivity index is 2.25. The Hall–Kier alpha value is -0.780. The predicted octanol–water partition coefficient (Wildman–Crippen LogP) is 3.02. The van der Waals surface area contributed by atoms with Crippen LogP contribution in [0.25, 0.3) is 0 Å². The molecule has 0 saturated carbocycles. The molecule has 1 heterocycles. The Kier molecular flexibility index (Phi) is 5.52. The van der Waals surface area contributed by atoms with Crippen LogP contribution in [0, 0.1) is 12.8 Å². The number of alkyl halides is 1. The molecule has 1 aliphatic heterocycles. The van der Waals surface area contributed by atoms with Crippen LogP contribution >= 0.6 is 11.6 Å². The summed E-state index contributed by atoms with van der Waals surface area (Å²) in [6, 6.07) is 7.59. The molecule has 2 rings (SSSR count). The average molecular weight is 331 g/mol. The number of halogens is 1. The summed E-state index contributed by atoms with van der Waals surface area (Å²) in [6.07, 6.45) is 1.88. The zero-order valence-electron chi connectivity index (χ0n) is 12.6. The first-order valence-corrected chi connectivity index (χ1v) is 9.32. The van der Waals surface area contributed by atoms with Crippen molar-refractivity contribution in [1.29, 1.82) is 0 Å². The first-order valence-electron chi connectivity index (χ1n) is 7.39. The first kappa shape index (κ1) is 16.6. The third kappa shape index (κ3) is 3.71. The van der Waals surface area contributed by atoms with E-state index in [1.54, 1.807) is 4.31 Å². The van der Waals surface area contributed by atoms with Crippen molar-refractivity contribution in [2.45, 2.75) is 26.7 Å². The van der Waals surface area contributed by atoms with Crippen molar-refractivity contribution in [2.75, 3.05) is 29.8 Å². The summed E-state index contributed by atoms with van der Waals surface area (Å²) < 4.78 is 28.8. The van der Waals surface area contributed by atoms with Gasteiger partial charge in [-0.25, -0.2) is 0 Å². The second-order valence-corrected chi connectivity index (χ2v) is 7.69. The zero-order valence-corrected chi connectivity index (χ0v) is 14.2. The first-order chi connectivity index (χ1) is 9.98. The van der Waals surface area contributed by atoms with Crippen molar-refractivity contribution in [3.63, 3.8) is 0 Å². The number of hydrogen-bond acceptors (Lipinski definition) is 2. The van der Waals surface area contributed by atoms with Gasteiger partial charge in [-0.2, -0.15) is 12.7 Å². The molecule has 6 heteroatoms. The second kappa shape index (κ2) is 6.99. The van der Waals surface area contributed by atoms with E-state index < -0.39 is 10.2 Å². The maximum atomic E-state index is 12.9. The monoisotopic (exact) mass is 330 g/mol. The highest BCUT2D eigenvalue weighted by atomic mass is 35.5. The lowest BCUT2D eigenvalue weighted by Crippen LogP contribution is -2.48. The van der Waals surface area contributed by atoms with E-state index in [1.165, 1.54) is 4.31 Å². The Morgan fingerprint density at radius 3 is 2.57 bits per heavy atom. The average Bonchev–Trinajstić information content (AvgIpc) is 2.50. The van der Waals surface area contributed by atoms with Crippen LogP contribution in [0.15, 0.2) is 24.3 Å². The van der Waals surface area contributed by atoms with Crippen LogP contribution in [0.3, 0.4) is 0 Å². The molecule has 118 valence electrons. The lowest BCUT2D eigenvalue weighted by molar-refractivity contribution is 0.283. The quantitative estimate of drug-likeness (QED) is 0.779. The molecule has 0 spiro atoms. The molecule has 0 amide bonds. The van der Waals surface area contributed by atoms with E-state index in [0.29, 0.717) is 25.5 Å². The van der Waals surface area contributed by atoms with Crippen LogP contribution in [0.5, 0.6) is 0 Å². The van der Waals surface area contributed by atoms with Crippen LogP contribution in [0.2, 0.25) is 0 Å². The summed E-state index contributed by atoms with van der Waals surface area (Å²) in [5, 5.41) is 0. The van der Waals surface area contributed by atoms with Gasteiger partial charge in [0.25, 0.3) is 0 Å². The van der Waals surface area contributed by atoms with Gasteiger partial charge in [-0.05, 0) is 44.7 Å². The maximum Gasteiger partial charge on any atom is 0.304 e. The van der Waals surface area contributed by atoms with Gasteiger partial charge >= 0.3 is 10.2 Å². The highest BCUT2D eigenvalue weighted by Gasteiger charge is 2.32. The fourth-order valence-electron chi connectivity index (χ4n) is 2.69. The largest absolute Gasteiger partial charge is 0.304 e. The Labute approximate surface area is 132 Å². The molecule has 0 aromatic heterocycles. The lowest BCUT2D eigenvalue weighted by Gasteiger charge is -2.35. The number of aryl methyl sites for hydroxylation is 1. The van der Waals surface area contributed by atoms with E-state index in [-0.39, 0.29) is 5.92 Å². The molecule has 0 radical (unpaired) electrons. The molecule has 1 aromatic rings. The summed E-state index contributed by atoms with van der Waals surface area (Å²) in [5.41, 5.74) is 1.84. The summed E-state index contributed by atoms with van der Waals surface area (Å²) in [6.45, 7) is 5.38. The molecule has 1 unspecified atom stereocenters. The van der Waals surface area contributed by atoms with Crippen LogP contribution in [0.1, 0.15) is 25.3 Å². The van der Waals surface area contributed by atoms with Crippen molar-refractivity contribution in [2.24, 2.45) is 5.92 Å². The Morgan fingerprint density at radius 1 is 1.33 bits per heavy atom.